The molecule has 1 aromatic heterocycles. The van der Waals surface area contributed by atoms with E-state index in [0.29, 0.717) is 4.83 Å². The van der Waals surface area contributed by atoms with Gasteiger partial charge in [0.1, 0.15) is 0 Å². The van der Waals surface area contributed by atoms with Crippen LogP contribution in [0.5, 0.6) is 0 Å². The fraction of sp³-hybridized carbons (Fsp3) is 0.636. The van der Waals surface area contributed by atoms with Crippen molar-refractivity contribution in [3.8, 4) is 0 Å². The monoisotopic (exact) mass is 352 g/mol. The maximum Gasteiger partial charge on any atom is 0.0828 e. The molecule has 1 aromatic rings. The molecule has 1 fully saturated rings. The van der Waals surface area contributed by atoms with Gasteiger partial charge in [-0.05, 0) is 48.7 Å². The summed E-state index contributed by atoms with van der Waals surface area (Å²) in [6.45, 7) is 5.22. The van der Waals surface area contributed by atoms with Crippen molar-refractivity contribution in [1.29, 1.82) is 0 Å². The zero-order chi connectivity index (χ0) is 11.1. The van der Waals surface area contributed by atoms with Crippen LogP contribution in [-0.4, -0.2) is 12.2 Å². The van der Waals surface area contributed by atoms with Crippen LogP contribution in [0.3, 0.4) is 0 Å². The molecule has 1 aliphatic heterocycles. The first-order valence-electron chi connectivity index (χ1n) is 5.07. The quantitative estimate of drug-likeness (QED) is 0.692. The Morgan fingerprint density at radius 1 is 1.60 bits per heavy atom. The lowest BCUT2D eigenvalue weighted by Crippen LogP contribution is -2.27. The van der Waals surface area contributed by atoms with Gasteiger partial charge >= 0.3 is 0 Å². The second kappa shape index (κ2) is 4.47. The van der Waals surface area contributed by atoms with E-state index in [-0.39, 0.29) is 5.60 Å². The molecule has 0 aliphatic carbocycles. The van der Waals surface area contributed by atoms with Crippen LogP contribution in [0.15, 0.2) is 10.5 Å². The lowest BCUT2D eigenvalue weighted by molar-refractivity contribution is 0.0204. The van der Waals surface area contributed by atoms with E-state index in [1.807, 2.05) is 11.3 Å². The van der Waals surface area contributed by atoms with Crippen molar-refractivity contribution in [2.75, 3.05) is 6.61 Å². The molecular formula is C11H14Br2OS. The highest BCUT2D eigenvalue weighted by Gasteiger charge is 2.38. The number of hydrogen-bond donors (Lipinski definition) is 0. The molecule has 2 atom stereocenters. The van der Waals surface area contributed by atoms with Gasteiger partial charge in [0.15, 0.2) is 0 Å². The van der Waals surface area contributed by atoms with Crippen molar-refractivity contribution in [3.63, 3.8) is 0 Å². The predicted octanol–water partition coefficient (Wildman–Crippen LogP) is 4.82. The molecular weight excluding hydrogens is 340 g/mol. The second-order valence-electron chi connectivity index (χ2n) is 4.18. The highest BCUT2D eigenvalue weighted by Crippen LogP contribution is 2.46. The largest absolute Gasteiger partial charge is 0.374 e. The van der Waals surface area contributed by atoms with E-state index in [4.69, 9.17) is 4.74 Å². The van der Waals surface area contributed by atoms with Gasteiger partial charge in [0.2, 0.25) is 0 Å². The predicted molar refractivity (Wildman–Crippen MR) is 72.0 cm³/mol. The molecule has 0 bridgehead atoms. The Labute approximate surface area is 111 Å². The van der Waals surface area contributed by atoms with Gasteiger partial charge in [0, 0.05) is 20.8 Å². The molecule has 1 saturated heterocycles. The van der Waals surface area contributed by atoms with Crippen molar-refractivity contribution in [1.82, 2.24) is 0 Å². The minimum Gasteiger partial charge on any atom is -0.374 e. The van der Waals surface area contributed by atoms with Crippen LogP contribution in [0.4, 0.5) is 0 Å². The van der Waals surface area contributed by atoms with Crippen LogP contribution in [0.25, 0.3) is 0 Å². The first kappa shape index (κ1) is 12.1. The molecule has 0 spiro atoms. The number of rotatable bonds is 2. The van der Waals surface area contributed by atoms with E-state index >= 15 is 0 Å². The van der Waals surface area contributed by atoms with E-state index < -0.39 is 0 Å². The molecule has 1 aliphatic rings. The van der Waals surface area contributed by atoms with Gasteiger partial charge in [-0.25, -0.2) is 0 Å². The molecule has 84 valence electrons. The third-order valence-electron chi connectivity index (χ3n) is 2.91. The zero-order valence-corrected chi connectivity index (χ0v) is 12.8. The minimum atomic E-state index is -0.0310. The Balaban J connectivity index is 2.23. The first-order valence-corrected chi connectivity index (χ1v) is 7.59. The summed E-state index contributed by atoms with van der Waals surface area (Å²) < 4.78 is 7.05. The molecule has 2 heterocycles. The highest BCUT2D eigenvalue weighted by molar-refractivity contribution is 9.10. The van der Waals surface area contributed by atoms with E-state index in [1.165, 1.54) is 20.6 Å². The Kier molecular flexibility index (Phi) is 3.61. The van der Waals surface area contributed by atoms with Crippen molar-refractivity contribution in [2.45, 2.75) is 37.1 Å². The molecule has 2 unspecified atom stereocenters. The summed E-state index contributed by atoms with van der Waals surface area (Å²) >= 11 is 9.17. The summed E-state index contributed by atoms with van der Waals surface area (Å²) in [7, 11) is 0. The van der Waals surface area contributed by atoms with E-state index in [9.17, 15) is 0 Å². The fourth-order valence-corrected chi connectivity index (χ4v) is 4.36. The van der Waals surface area contributed by atoms with Gasteiger partial charge < -0.3 is 4.74 Å². The summed E-state index contributed by atoms with van der Waals surface area (Å²) in [4.78, 5) is 2.99. The number of aryl methyl sites for hydroxylation is 1. The molecule has 0 N–H and O–H groups in total. The van der Waals surface area contributed by atoms with Crippen LogP contribution in [-0.2, 0) is 4.74 Å². The summed E-state index contributed by atoms with van der Waals surface area (Å²) in [5, 5.41) is 0. The number of thiophene rings is 1. The molecule has 2 rings (SSSR count). The molecule has 0 amide bonds. The standard InChI is InChI=1S/C11H14Br2OS/c1-7-8(12)6-9(15-7)10(13)11(2)4-3-5-14-11/h6,10H,3-5H2,1-2H3. The average Bonchev–Trinajstić information content (AvgIpc) is 2.75. The fourth-order valence-electron chi connectivity index (χ4n) is 1.91. The second-order valence-corrected chi connectivity index (χ2v) is 7.24. The molecule has 15 heavy (non-hydrogen) atoms. The Bertz CT molecular complexity index is 336. The van der Waals surface area contributed by atoms with E-state index in [1.54, 1.807) is 0 Å². The van der Waals surface area contributed by atoms with Gasteiger partial charge in [-0.3, -0.25) is 0 Å². The van der Waals surface area contributed by atoms with E-state index in [2.05, 4.69) is 51.8 Å². The van der Waals surface area contributed by atoms with Crippen LogP contribution in [0.1, 0.15) is 34.3 Å². The SMILES string of the molecule is Cc1sc(C(Br)C2(C)CCCO2)cc1Br. The van der Waals surface area contributed by atoms with Gasteiger partial charge in [-0.2, -0.15) is 0 Å². The molecule has 0 radical (unpaired) electrons. The average molecular weight is 354 g/mol. The Hall–Kier alpha value is 0.620. The molecule has 1 nitrogen and oxygen atoms in total. The van der Waals surface area contributed by atoms with Crippen molar-refractivity contribution in [3.05, 3.63) is 20.3 Å². The van der Waals surface area contributed by atoms with Crippen LogP contribution < -0.4 is 0 Å². The first-order chi connectivity index (χ1) is 7.03. The molecule has 0 aromatic carbocycles. The zero-order valence-electron chi connectivity index (χ0n) is 8.85. The van der Waals surface area contributed by atoms with Crippen molar-refractivity contribution in [2.24, 2.45) is 0 Å². The van der Waals surface area contributed by atoms with Crippen molar-refractivity contribution < 1.29 is 4.74 Å². The summed E-state index contributed by atoms with van der Waals surface area (Å²) in [6, 6.07) is 2.20. The molecule has 0 saturated carbocycles. The Morgan fingerprint density at radius 3 is 2.80 bits per heavy atom. The number of halogens is 2. The lowest BCUT2D eigenvalue weighted by Gasteiger charge is -2.28. The third kappa shape index (κ3) is 2.33. The normalized spacial score (nSPS) is 28.3. The topological polar surface area (TPSA) is 9.23 Å². The minimum absolute atomic E-state index is 0.0310. The van der Waals surface area contributed by atoms with Gasteiger partial charge in [0.05, 0.1) is 10.4 Å². The summed E-state index contributed by atoms with van der Waals surface area (Å²) in [5.74, 6) is 0. The Morgan fingerprint density at radius 2 is 2.33 bits per heavy atom. The van der Waals surface area contributed by atoms with E-state index in [0.717, 1.165) is 13.0 Å². The smallest absolute Gasteiger partial charge is 0.0828 e. The number of hydrogen-bond acceptors (Lipinski definition) is 2. The van der Waals surface area contributed by atoms with Crippen molar-refractivity contribution >= 4 is 43.2 Å². The number of ether oxygens (including phenoxy) is 1. The summed E-state index contributed by atoms with van der Waals surface area (Å²) in [6.07, 6.45) is 2.31. The maximum absolute atomic E-state index is 5.85. The van der Waals surface area contributed by atoms with Gasteiger partial charge in [0.25, 0.3) is 0 Å². The van der Waals surface area contributed by atoms with Crippen LogP contribution >= 0.6 is 43.2 Å². The highest BCUT2D eigenvalue weighted by atomic mass is 79.9. The third-order valence-corrected chi connectivity index (χ3v) is 6.88. The van der Waals surface area contributed by atoms with Gasteiger partial charge in [-0.15, -0.1) is 11.3 Å². The summed E-state index contributed by atoms with van der Waals surface area (Å²) in [5.41, 5.74) is -0.0310. The number of alkyl halides is 1. The van der Waals surface area contributed by atoms with Crippen LogP contribution in [0.2, 0.25) is 0 Å². The molecule has 4 heteroatoms. The maximum atomic E-state index is 5.85. The van der Waals surface area contributed by atoms with Gasteiger partial charge in [-0.1, -0.05) is 15.9 Å². The lowest BCUT2D eigenvalue weighted by atomic mass is 9.97. The van der Waals surface area contributed by atoms with Crippen LogP contribution in [0, 0.1) is 6.92 Å².